The maximum Gasteiger partial charge on any atom is 0.218 e. The number of aromatic nitrogens is 2. The lowest BCUT2D eigenvalue weighted by molar-refractivity contribution is 0.392. The Morgan fingerprint density at radius 3 is 2.42 bits per heavy atom. The lowest BCUT2D eigenvalue weighted by Crippen LogP contribution is -2.07. The molecular formula is C19H16Cl3N3O. The van der Waals surface area contributed by atoms with E-state index in [2.05, 4.69) is 15.3 Å². The number of hydrogen-bond donors (Lipinski definition) is 1. The topological polar surface area (TPSA) is 47.0 Å². The van der Waals surface area contributed by atoms with Gasteiger partial charge in [-0.3, -0.25) is 0 Å². The number of pyridine rings is 2. The summed E-state index contributed by atoms with van der Waals surface area (Å²) < 4.78 is 5.41. The van der Waals surface area contributed by atoms with E-state index in [0.29, 0.717) is 28.2 Å². The zero-order chi connectivity index (χ0) is 18.7. The Kier molecular flexibility index (Phi) is 5.99. The standard InChI is InChI=1S/C19H16Cl3N3O/c1-23-10-11-6-7-15(25-19(11)26-2)14-5-3-4-12(16(14)20)13-8-9-24-18(22)17(13)21/h3-9,23H,10H2,1-2H3. The Hall–Kier alpha value is -1.85. The fourth-order valence-corrected chi connectivity index (χ4v) is 3.38. The van der Waals surface area contributed by atoms with Crippen LogP contribution in [0.3, 0.4) is 0 Å². The van der Waals surface area contributed by atoms with Crippen LogP contribution in [-0.2, 0) is 6.54 Å². The fourth-order valence-electron chi connectivity index (χ4n) is 2.69. The molecule has 0 radical (unpaired) electrons. The Labute approximate surface area is 167 Å². The molecule has 134 valence electrons. The molecule has 0 atom stereocenters. The van der Waals surface area contributed by atoms with Crippen LogP contribution in [-0.4, -0.2) is 24.1 Å². The summed E-state index contributed by atoms with van der Waals surface area (Å²) >= 11 is 19.0. The average Bonchev–Trinajstić information content (AvgIpc) is 2.65. The summed E-state index contributed by atoms with van der Waals surface area (Å²) in [4.78, 5) is 8.58. The third-order valence-corrected chi connectivity index (χ3v) is 5.08. The molecule has 0 aliphatic rings. The van der Waals surface area contributed by atoms with Crippen LogP contribution in [0.5, 0.6) is 5.88 Å². The van der Waals surface area contributed by atoms with Gasteiger partial charge in [0.1, 0.15) is 5.15 Å². The van der Waals surface area contributed by atoms with Crippen molar-refractivity contribution in [3.05, 3.63) is 63.4 Å². The highest BCUT2D eigenvalue weighted by Crippen LogP contribution is 2.40. The van der Waals surface area contributed by atoms with Gasteiger partial charge in [0.2, 0.25) is 5.88 Å². The summed E-state index contributed by atoms with van der Waals surface area (Å²) in [6, 6.07) is 11.4. The van der Waals surface area contributed by atoms with E-state index in [1.807, 2.05) is 37.4 Å². The molecule has 1 aromatic carbocycles. The molecular weight excluding hydrogens is 393 g/mol. The lowest BCUT2D eigenvalue weighted by atomic mass is 10.0. The lowest BCUT2D eigenvalue weighted by Gasteiger charge is -2.13. The van der Waals surface area contributed by atoms with Crippen LogP contribution >= 0.6 is 34.8 Å². The minimum absolute atomic E-state index is 0.238. The molecule has 2 heterocycles. The number of benzene rings is 1. The molecule has 0 spiro atoms. The van der Waals surface area contributed by atoms with Crippen molar-refractivity contribution in [2.75, 3.05) is 14.2 Å². The van der Waals surface area contributed by atoms with E-state index in [9.17, 15) is 0 Å². The van der Waals surface area contributed by atoms with Crippen LogP contribution in [0.2, 0.25) is 15.2 Å². The molecule has 0 aliphatic heterocycles. The quantitative estimate of drug-likeness (QED) is 0.566. The van der Waals surface area contributed by atoms with Crippen molar-refractivity contribution in [3.8, 4) is 28.3 Å². The highest BCUT2D eigenvalue weighted by molar-refractivity contribution is 6.43. The first-order valence-electron chi connectivity index (χ1n) is 7.84. The monoisotopic (exact) mass is 407 g/mol. The van der Waals surface area contributed by atoms with Crippen molar-refractivity contribution in [3.63, 3.8) is 0 Å². The smallest absolute Gasteiger partial charge is 0.218 e. The molecule has 2 aromatic heterocycles. The molecule has 1 N–H and O–H groups in total. The summed E-state index contributed by atoms with van der Waals surface area (Å²) in [6.45, 7) is 0.662. The van der Waals surface area contributed by atoms with Gasteiger partial charge in [-0.05, 0) is 19.2 Å². The zero-order valence-electron chi connectivity index (χ0n) is 14.2. The van der Waals surface area contributed by atoms with Gasteiger partial charge in [-0.1, -0.05) is 59.1 Å². The molecule has 4 nitrogen and oxygen atoms in total. The number of halogens is 3. The van der Waals surface area contributed by atoms with Crippen molar-refractivity contribution in [1.29, 1.82) is 0 Å². The Balaban J connectivity index is 2.12. The highest BCUT2D eigenvalue weighted by Gasteiger charge is 2.16. The minimum Gasteiger partial charge on any atom is -0.481 e. The number of nitrogens with zero attached hydrogens (tertiary/aromatic N) is 2. The minimum atomic E-state index is 0.238. The van der Waals surface area contributed by atoms with Gasteiger partial charge < -0.3 is 10.1 Å². The van der Waals surface area contributed by atoms with Crippen molar-refractivity contribution in [2.24, 2.45) is 0 Å². The van der Waals surface area contributed by atoms with Gasteiger partial charge in [-0.25, -0.2) is 9.97 Å². The van der Waals surface area contributed by atoms with E-state index in [-0.39, 0.29) is 5.15 Å². The van der Waals surface area contributed by atoms with Gasteiger partial charge in [0.05, 0.1) is 22.8 Å². The van der Waals surface area contributed by atoms with Gasteiger partial charge in [-0.2, -0.15) is 0 Å². The van der Waals surface area contributed by atoms with E-state index >= 15 is 0 Å². The second kappa shape index (κ2) is 8.23. The molecule has 3 rings (SSSR count). The Morgan fingerprint density at radius 1 is 0.962 bits per heavy atom. The van der Waals surface area contributed by atoms with Crippen LogP contribution in [0.25, 0.3) is 22.4 Å². The maximum absolute atomic E-state index is 6.68. The molecule has 0 bridgehead atoms. The molecule has 0 amide bonds. The van der Waals surface area contributed by atoms with Crippen molar-refractivity contribution in [1.82, 2.24) is 15.3 Å². The third-order valence-electron chi connectivity index (χ3n) is 3.91. The van der Waals surface area contributed by atoms with Gasteiger partial charge in [0, 0.05) is 35.0 Å². The van der Waals surface area contributed by atoms with E-state index < -0.39 is 0 Å². The molecule has 0 saturated heterocycles. The molecule has 0 unspecified atom stereocenters. The number of hydrogen-bond acceptors (Lipinski definition) is 4. The first-order valence-corrected chi connectivity index (χ1v) is 8.98. The molecule has 3 aromatic rings. The van der Waals surface area contributed by atoms with Crippen LogP contribution in [0.1, 0.15) is 5.56 Å². The van der Waals surface area contributed by atoms with Crippen molar-refractivity contribution >= 4 is 34.8 Å². The molecule has 0 saturated carbocycles. The molecule has 26 heavy (non-hydrogen) atoms. The fraction of sp³-hybridized carbons (Fsp3) is 0.158. The van der Waals surface area contributed by atoms with Crippen LogP contribution in [0.4, 0.5) is 0 Å². The van der Waals surface area contributed by atoms with E-state index in [1.165, 1.54) is 0 Å². The Morgan fingerprint density at radius 2 is 1.69 bits per heavy atom. The van der Waals surface area contributed by atoms with E-state index in [4.69, 9.17) is 39.5 Å². The van der Waals surface area contributed by atoms with Gasteiger partial charge in [-0.15, -0.1) is 0 Å². The molecule has 7 heteroatoms. The molecule has 0 aliphatic carbocycles. The number of rotatable bonds is 5. The van der Waals surface area contributed by atoms with Gasteiger partial charge in [0.25, 0.3) is 0 Å². The SMILES string of the molecule is CNCc1ccc(-c2cccc(-c3ccnc(Cl)c3Cl)c2Cl)nc1OC. The maximum atomic E-state index is 6.68. The second-order valence-electron chi connectivity index (χ2n) is 5.53. The van der Waals surface area contributed by atoms with Gasteiger partial charge >= 0.3 is 0 Å². The summed E-state index contributed by atoms with van der Waals surface area (Å²) in [5, 5.41) is 4.23. The summed E-state index contributed by atoms with van der Waals surface area (Å²) in [5.74, 6) is 0.559. The predicted octanol–water partition coefficient (Wildman–Crippen LogP) is 5.50. The number of nitrogens with one attached hydrogen (secondary N) is 1. The van der Waals surface area contributed by atoms with Gasteiger partial charge in [0.15, 0.2) is 0 Å². The third kappa shape index (κ3) is 3.64. The Bertz CT molecular complexity index is 947. The van der Waals surface area contributed by atoms with Crippen molar-refractivity contribution < 1.29 is 4.74 Å². The average molecular weight is 409 g/mol. The summed E-state index contributed by atoms with van der Waals surface area (Å²) in [6.07, 6.45) is 1.60. The summed E-state index contributed by atoms with van der Waals surface area (Å²) in [7, 11) is 3.47. The normalized spacial score (nSPS) is 10.8. The van der Waals surface area contributed by atoms with E-state index in [1.54, 1.807) is 19.4 Å². The van der Waals surface area contributed by atoms with Crippen LogP contribution < -0.4 is 10.1 Å². The number of methoxy groups -OCH3 is 1. The van der Waals surface area contributed by atoms with E-state index in [0.717, 1.165) is 22.3 Å². The second-order valence-corrected chi connectivity index (χ2v) is 6.64. The van der Waals surface area contributed by atoms with Crippen LogP contribution in [0, 0.1) is 0 Å². The largest absolute Gasteiger partial charge is 0.481 e. The number of ether oxygens (including phenoxy) is 1. The molecule has 0 fully saturated rings. The first kappa shape index (κ1) is 18.9. The predicted molar refractivity (Wildman–Crippen MR) is 107 cm³/mol. The highest BCUT2D eigenvalue weighted by atomic mass is 35.5. The van der Waals surface area contributed by atoms with Crippen molar-refractivity contribution in [2.45, 2.75) is 6.54 Å². The van der Waals surface area contributed by atoms with Crippen LogP contribution in [0.15, 0.2) is 42.6 Å². The first-order chi connectivity index (χ1) is 12.6. The summed E-state index contributed by atoms with van der Waals surface area (Å²) in [5.41, 5.74) is 3.94. The zero-order valence-corrected chi connectivity index (χ0v) is 16.5.